The van der Waals surface area contributed by atoms with Gasteiger partial charge in [0.05, 0.1) is 11.9 Å². The van der Waals surface area contributed by atoms with Gasteiger partial charge in [0, 0.05) is 22.0 Å². The van der Waals surface area contributed by atoms with E-state index in [1.165, 1.54) is 25.7 Å². The van der Waals surface area contributed by atoms with Gasteiger partial charge >= 0.3 is 0 Å². The van der Waals surface area contributed by atoms with Crippen molar-refractivity contribution in [1.29, 1.82) is 0 Å². The molecule has 0 saturated carbocycles. The van der Waals surface area contributed by atoms with Gasteiger partial charge in [-0.25, -0.2) is 0 Å². The van der Waals surface area contributed by atoms with Gasteiger partial charge in [0.25, 0.3) is 0 Å². The predicted molar refractivity (Wildman–Crippen MR) is 128 cm³/mol. The maximum Gasteiger partial charge on any atom is 0.211 e. The van der Waals surface area contributed by atoms with E-state index >= 15 is 0 Å². The highest BCUT2D eigenvalue weighted by Gasteiger charge is 2.11. The lowest BCUT2D eigenvalue weighted by Gasteiger charge is -2.08. The van der Waals surface area contributed by atoms with Crippen LogP contribution in [0.2, 0.25) is 5.02 Å². The first-order valence-corrected chi connectivity index (χ1v) is 11.7. The van der Waals surface area contributed by atoms with Gasteiger partial charge in [0.15, 0.2) is 0 Å². The maximum absolute atomic E-state index is 12.8. The summed E-state index contributed by atoms with van der Waals surface area (Å²) in [5.74, 6) is 1.04. The third-order valence-corrected chi connectivity index (χ3v) is 6.10. The van der Waals surface area contributed by atoms with Crippen molar-refractivity contribution >= 4 is 34.8 Å². The molecule has 1 aromatic heterocycles. The monoisotopic (exact) mass is 438 g/mol. The van der Waals surface area contributed by atoms with Crippen molar-refractivity contribution in [1.82, 2.24) is 4.98 Å². The minimum absolute atomic E-state index is 0.0484. The van der Waals surface area contributed by atoms with E-state index in [2.05, 4.69) is 23.3 Å². The Hall–Kier alpha value is -2.30. The molecule has 3 aromatic rings. The zero-order valence-corrected chi connectivity index (χ0v) is 18.8. The first-order valence-electron chi connectivity index (χ1n) is 10.4. The fourth-order valence-electron chi connectivity index (χ4n) is 3.03. The normalized spacial score (nSPS) is 10.7. The molecular formula is C25H27ClN2OS. The van der Waals surface area contributed by atoms with Crippen molar-refractivity contribution in [3.05, 3.63) is 88.7 Å². The van der Waals surface area contributed by atoms with Crippen molar-refractivity contribution in [2.75, 3.05) is 11.1 Å². The second kappa shape index (κ2) is 11.8. The zero-order chi connectivity index (χ0) is 21.2. The van der Waals surface area contributed by atoms with Gasteiger partial charge in [-0.15, -0.1) is 11.8 Å². The minimum Gasteiger partial charge on any atom is -0.380 e. The van der Waals surface area contributed by atoms with Crippen molar-refractivity contribution in [3.8, 4) is 0 Å². The van der Waals surface area contributed by atoms with Crippen LogP contribution in [0.4, 0.5) is 5.69 Å². The van der Waals surface area contributed by atoms with Gasteiger partial charge in [-0.05, 0) is 54.1 Å². The molecule has 0 bridgehead atoms. The molecule has 0 unspecified atom stereocenters. The van der Waals surface area contributed by atoms with Crippen LogP contribution in [0.3, 0.4) is 0 Å². The van der Waals surface area contributed by atoms with Gasteiger partial charge in [0.1, 0.15) is 5.69 Å². The van der Waals surface area contributed by atoms with Gasteiger partial charge in [-0.1, -0.05) is 62.1 Å². The Kier molecular flexibility index (Phi) is 8.79. The van der Waals surface area contributed by atoms with E-state index in [1.807, 2.05) is 60.3 Å². The summed E-state index contributed by atoms with van der Waals surface area (Å²) in [4.78, 5) is 18.3. The highest BCUT2D eigenvalue weighted by molar-refractivity contribution is 7.99. The summed E-state index contributed by atoms with van der Waals surface area (Å²) in [7, 11) is 0. The Morgan fingerprint density at radius 3 is 2.60 bits per heavy atom. The molecular weight excluding hydrogens is 412 g/mol. The number of halogens is 1. The molecule has 0 atom stereocenters. The lowest BCUT2D eigenvalue weighted by atomic mass is 10.1. The summed E-state index contributed by atoms with van der Waals surface area (Å²) in [6.45, 7) is 2.89. The van der Waals surface area contributed by atoms with Gasteiger partial charge in [0.2, 0.25) is 5.78 Å². The average molecular weight is 439 g/mol. The molecule has 3 nitrogen and oxygen atoms in total. The largest absolute Gasteiger partial charge is 0.380 e. The Balaban J connectivity index is 1.56. The third-order valence-electron chi connectivity index (χ3n) is 4.77. The fourth-order valence-corrected chi connectivity index (χ4v) is 4.13. The summed E-state index contributed by atoms with van der Waals surface area (Å²) >= 11 is 7.73. The number of anilines is 1. The van der Waals surface area contributed by atoms with Crippen LogP contribution >= 0.6 is 23.4 Å². The SMILES string of the molecule is CCCCCCSc1cccc(C(=O)c2ccc(NCc3ccc(Cl)cc3)cn2)c1. The Bertz CT molecular complexity index is 942. The first-order chi connectivity index (χ1) is 14.7. The smallest absolute Gasteiger partial charge is 0.211 e. The quantitative estimate of drug-likeness (QED) is 0.194. The van der Waals surface area contributed by atoms with Gasteiger partial charge < -0.3 is 5.32 Å². The molecule has 5 heteroatoms. The third kappa shape index (κ3) is 6.89. The summed E-state index contributed by atoms with van der Waals surface area (Å²) in [6.07, 6.45) is 6.72. The van der Waals surface area contributed by atoms with E-state index in [0.717, 1.165) is 26.9 Å². The van der Waals surface area contributed by atoms with Crippen molar-refractivity contribution in [2.45, 2.75) is 44.0 Å². The molecule has 2 aromatic carbocycles. The van der Waals surface area contributed by atoms with Crippen molar-refractivity contribution < 1.29 is 4.79 Å². The number of unbranched alkanes of at least 4 members (excludes halogenated alkanes) is 3. The fraction of sp³-hybridized carbons (Fsp3) is 0.280. The molecule has 0 aliphatic heterocycles. The number of hydrogen-bond acceptors (Lipinski definition) is 4. The number of hydrogen-bond donors (Lipinski definition) is 1. The van der Waals surface area contributed by atoms with E-state index < -0.39 is 0 Å². The predicted octanol–water partition coefficient (Wildman–Crippen LogP) is 7.25. The van der Waals surface area contributed by atoms with E-state index in [9.17, 15) is 4.79 Å². The molecule has 0 aliphatic carbocycles. The summed E-state index contributed by atoms with van der Waals surface area (Å²) in [6, 6.07) is 19.2. The standard InChI is InChI=1S/C25H27ClN2OS/c1-2-3-4-5-15-30-23-8-6-7-20(16-23)25(29)24-14-13-22(18-28-24)27-17-19-9-11-21(26)12-10-19/h6-14,16,18,27H,2-5,15,17H2,1H3. The number of thioether (sulfide) groups is 1. The number of carbonyl (C=O) groups excluding carboxylic acids is 1. The van der Waals surface area contributed by atoms with E-state index in [0.29, 0.717) is 17.8 Å². The molecule has 0 spiro atoms. The van der Waals surface area contributed by atoms with E-state index in [-0.39, 0.29) is 5.78 Å². The number of benzene rings is 2. The highest BCUT2D eigenvalue weighted by atomic mass is 35.5. The van der Waals surface area contributed by atoms with Crippen LogP contribution in [0, 0.1) is 0 Å². The molecule has 1 heterocycles. The average Bonchev–Trinajstić information content (AvgIpc) is 2.79. The van der Waals surface area contributed by atoms with Crippen LogP contribution in [-0.2, 0) is 6.54 Å². The molecule has 0 saturated heterocycles. The van der Waals surface area contributed by atoms with Gasteiger partial charge in [-0.2, -0.15) is 0 Å². The number of aromatic nitrogens is 1. The van der Waals surface area contributed by atoms with Crippen LogP contribution in [0.1, 0.15) is 54.2 Å². The Morgan fingerprint density at radius 2 is 1.87 bits per heavy atom. The molecule has 156 valence electrons. The zero-order valence-electron chi connectivity index (χ0n) is 17.2. The first kappa shape index (κ1) is 22.4. The molecule has 0 radical (unpaired) electrons. The number of rotatable bonds is 11. The molecule has 0 fully saturated rings. The number of nitrogens with zero attached hydrogens (tertiary/aromatic N) is 1. The van der Waals surface area contributed by atoms with Crippen LogP contribution in [0.5, 0.6) is 0 Å². The van der Waals surface area contributed by atoms with Crippen LogP contribution in [-0.4, -0.2) is 16.5 Å². The number of nitrogens with one attached hydrogen (secondary N) is 1. The van der Waals surface area contributed by atoms with Gasteiger partial charge in [-0.3, -0.25) is 9.78 Å². The highest BCUT2D eigenvalue weighted by Crippen LogP contribution is 2.22. The summed E-state index contributed by atoms with van der Waals surface area (Å²) in [5, 5.41) is 4.04. The van der Waals surface area contributed by atoms with E-state index in [1.54, 1.807) is 12.3 Å². The molecule has 30 heavy (non-hydrogen) atoms. The molecule has 0 aliphatic rings. The van der Waals surface area contributed by atoms with Crippen molar-refractivity contribution in [2.24, 2.45) is 0 Å². The minimum atomic E-state index is -0.0484. The lowest BCUT2D eigenvalue weighted by molar-refractivity contribution is 0.103. The molecule has 1 N–H and O–H groups in total. The second-order valence-electron chi connectivity index (χ2n) is 7.18. The number of carbonyl (C=O) groups is 1. The second-order valence-corrected chi connectivity index (χ2v) is 8.78. The summed E-state index contributed by atoms with van der Waals surface area (Å²) < 4.78 is 0. The maximum atomic E-state index is 12.8. The van der Waals surface area contributed by atoms with E-state index in [4.69, 9.17) is 11.6 Å². The van der Waals surface area contributed by atoms with Crippen molar-refractivity contribution in [3.63, 3.8) is 0 Å². The topological polar surface area (TPSA) is 42.0 Å². The Morgan fingerprint density at radius 1 is 1.03 bits per heavy atom. The summed E-state index contributed by atoms with van der Waals surface area (Å²) in [5.41, 5.74) is 3.14. The molecule has 0 amide bonds. The lowest BCUT2D eigenvalue weighted by Crippen LogP contribution is -2.05. The van der Waals surface area contributed by atoms with Crippen LogP contribution < -0.4 is 5.32 Å². The van der Waals surface area contributed by atoms with Crippen LogP contribution in [0.15, 0.2) is 71.8 Å². The Labute approximate surface area is 188 Å². The number of ketones is 1. The molecule has 3 rings (SSSR count). The number of pyridine rings is 1. The van der Waals surface area contributed by atoms with Crippen LogP contribution in [0.25, 0.3) is 0 Å².